The lowest BCUT2D eigenvalue weighted by molar-refractivity contribution is -0.255. The maximum atomic E-state index is 11.2. The van der Waals surface area contributed by atoms with Crippen LogP contribution in [0.15, 0.2) is 11.6 Å². The van der Waals surface area contributed by atoms with Crippen molar-refractivity contribution in [2.75, 3.05) is 0 Å². The molecule has 2 nitrogen and oxygen atoms in total. The van der Waals surface area contributed by atoms with E-state index in [2.05, 4.69) is 61.5 Å². The van der Waals surface area contributed by atoms with Crippen LogP contribution in [-0.4, -0.2) is 22.4 Å². The average Bonchev–Trinajstić information content (AvgIpc) is 2.71. The zero-order valence-electron chi connectivity index (χ0n) is 22.2. The maximum absolute atomic E-state index is 11.2. The fraction of sp³-hybridized carbons (Fsp3) is 0.933. The Morgan fingerprint density at radius 1 is 0.750 bits per heavy atom. The van der Waals surface area contributed by atoms with Gasteiger partial charge in [0.2, 0.25) is 0 Å². The van der Waals surface area contributed by atoms with Crippen LogP contribution in [0.3, 0.4) is 0 Å². The summed E-state index contributed by atoms with van der Waals surface area (Å²) in [6.07, 6.45) is 11.6. The smallest absolute Gasteiger partial charge is 0.0780 e. The molecule has 0 heterocycles. The first-order valence-corrected chi connectivity index (χ1v) is 13.8. The highest BCUT2D eigenvalue weighted by molar-refractivity contribution is 5.24. The van der Waals surface area contributed by atoms with Crippen LogP contribution in [0.4, 0.5) is 0 Å². The van der Waals surface area contributed by atoms with Gasteiger partial charge in [-0.1, -0.05) is 60.1 Å². The van der Waals surface area contributed by atoms with Crippen molar-refractivity contribution in [3.8, 4) is 0 Å². The number of rotatable bonds is 0. The molecule has 32 heavy (non-hydrogen) atoms. The molecule has 0 aromatic heterocycles. The molecule has 0 amide bonds. The van der Waals surface area contributed by atoms with Crippen LogP contribution in [0.2, 0.25) is 0 Å². The Bertz CT molecular complexity index is 814. The summed E-state index contributed by atoms with van der Waals surface area (Å²) in [6.45, 7) is 19.8. The largest absolute Gasteiger partial charge is 0.393 e. The van der Waals surface area contributed by atoms with Crippen LogP contribution in [0.1, 0.15) is 107 Å². The van der Waals surface area contributed by atoms with Gasteiger partial charge in [-0.2, -0.15) is 0 Å². The molecule has 11 atom stereocenters. The molecular formula is C30H50O2. The summed E-state index contributed by atoms with van der Waals surface area (Å²) < 4.78 is 0. The van der Waals surface area contributed by atoms with Gasteiger partial charge in [-0.3, -0.25) is 0 Å². The van der Waals surface area contributed by atoms with E-state index < -0.39 is 0 Å². The topological polar surface area (TPSA) is 40.5 Å². The Hall–Kier alpha value is -0.340. The van der Waals surface area contributed by atoms with E-state index in [4.69, 9.17) is 0 Å². The Kier molecular flexibility index (Phi) is 5.02. The number of aliphatic hydroxyl groups excluding tert-OH is 2. The fourth-order valence-corrected chi connectivity index (χ4v) is 11.3. The first-order valence-electron chi connectivity index (χ1n) is 13.8. The average molecular weight is 443 g/mol. The molecule has 0 saturated heterocycles. The molecule has 0 spiro atoms. The van der Waals surface area contributed by atoms with Gasteiger partial charge in [0.05, 0.1) is 12.2 Å². The molecule has 0 aromatic carbocycles. The maximum Gasteiger partial charge on any atom is 0.0780 e. The van der Waals surface area contributed by atoms with Crippen LogP contribution in [0.5, 0.6) is 0 Å². The van der Waals surface area contributed by atoms with Gasteiger partial charge in [0.25, 0.3) is 0 Å². The van der Waals surface area contributed by atoms with Crippen molar-refractivity contribution in [2.24, 2.45) is 56.7 Å². The lowest BCUT2D eigenvalue weighted by Gasteiger charge is -2.73. The summed E-state index contributed by atoms with van der Waals surface area (Å²) in [6, 6.07) is 0. The third-order valence-electron chi connectivity index (χ3n) is 13.6. The molecule has 0 bridgehead atoms. The van der Waals surface area contributed by atoms with Gasteiger partial charge >= 0.3 is 0 Å². The Labute approximate surface area is 197 Å². The monoisotopic (exact) mass is 442 g/mol. The molecule has 0 radical (unpaired) electrons. The van der Waals surface area contributed by atoms with E-state index in [0.29, 0.717) is 39.9 Å². The van der Waals surface area contributed by atoms with Crippen molar-refractivity contribution in [3.05, 3.63) is 11.6 Å². The van der Waals surface area contributed by atoms with Gasteiger partial charge in [0.15, 0.2) is 0 Å². The van der Waals surface area contributed by atoms with Crippen molar-refractivity contribution in [1.29, 1.82) is 0 Å². The Morgan fingerprint density at radius 3 is 2.12 bits per heavy atom. The molecule has 2 N–H and O–H groups in total. The molecule has 5 rings (SSSR count). The normalized spacial score (nSPS) is 59.2. The van der Waals surface area contributed by atoms with E-state index in [1.807, 2.05) is 0 Å². The van der Waals surface area contributed by atoms with Gasteiger partial charge in [-0.25, -0.2) is 0 Å². The minimum atomic E-state index is -0.285. The first-order chi connectivity index (χ1) is 14.7. The molecule has 0 aliphatic heterocycles. The quantitative estimate of drug-likeness (QED) is 0.397. The third-order valence-corrected chi connectivity index (χ3v) is 13.6. The highest BCUT2D eigenvalue weighted by atomic mass is 16.3. The molecule has 5 aliphatic rings. The van der Waals surface area contributed by atoms with Gasteiger partial charge in [-0.05, 0) is 110 Å². The predicted octanol–water partition coefficient (Wildman–Crippen LogP) is 7.00. The molecule has 2 unspecified atom stereocenters. The zero-order valence-corrected chi connectivity index (χ0v) is 22.2. The van der Waals surface area contributed by atoms with Crippen LogP contribution in [0.25, 0.3) is 0 Å². The van der Waals surface area contributed by atoms with Gasteiger partial charge in [-0.15, -0.1) is 0 Å². The van der Waals surface area contributed by atoms with E-state index in [1.165, 1.54) is 44.1 Å². The minimum Gasteiger partial charge on any atom is -0.393 e. The third kappa shape index (κ3) is 2.61. The number of aliphatic hydroxyl groups is 2. The van der Waals surface area contributed by atoms with E-state index in [-0.39, 0.29) is 23.0 Å². The van der Waals surface area contributed by atoms with Crippen molar-refractivity contribution in [3.63, 3.8) is 0 Å². The lowest BCUT2D eigenvalue weighted by atomic mass is 9.31. The number of fused-ring (bicyclic) bond motifs is 7. The molecule has 182 valence electrons. The second-order valence-electron chi connectivity index (χ2n) is 14.7. The summed E-state index contributed by atoms with van der Waals surface area (Å²) in [4.78, 5) is 0. The Balaban J connectivity index is 1.56. The highest BCUT2D eigenvalue weighted by Gasteiger charge is 2.70. The molecular weight excluding hydrogens is 392 g/mol. The predicted molar refractivity (Wildman–Crippen MR) is 132 cm³/mol. The van der Waals surface area contributed by atoms with Crippen LogP contribution < -0.4 is 0 Å². The fourth-order valence-electron chi connectivity index (χ4n) is 11.3. The Morgan fingerprint density at radius 2 is 1.44 bits per heavy atom. The van der Waals surface area contributed by atoms with Crippen LogP contribution >= 0.6 is 0 Å². The summed E-state index contributed by atoms with van der Waals surface area (Å²) in [7, 11) is 0. The summed E-state index contributed by atoms with van der Waals surface area (Å²) >= 11 is 0. The SMILES string of the molecule is CC1=C[C@H](O)[C@]2(C)CC[C@]3(C)[C@H](CC[C@@H]4[C@@]5(C)CC[C@H](O)C(C)(C)C5CC[C@]43C)C2[C@@H]1C. The summed E-state index contributed by atoms with van der Waals surface area (Å²) in [5, 5.41) is 22.1. The second kappa shape index (κ2) is 6.87. The molecule has 5 aliphatic carbocycles. The van der Waals surface area contributed by atoms with Gasteiger partial charge in [0.1, 0.15) is 0 Å². The van der Waals surface area contributed by atoms with E-state index in [1.54, 1.807) is 0 Å². The molecule has 4 saturated carbocycles. The number of hydrogen-bond acceptors (Lipinski definition) is 2. The van der Waals surface area contributed by atoms with Crippen molar-refractivity contribution in [2.45, 2.75) is 119 Å². The molecule has 0 aromatic rings. The van der Waals surface area contributed by atoms with Crippen LogP contribution in [0, 0.1) is 56.7 Å². The second-order valence-corrected chi connectivity index (χ2v) is 14.7. The molecule has 4 fully saturated rings. The van der Waals surface area contributed by atoms with E-state index in [0.717, 1.165) is 18.8 Å². The summed E-state index contributed by atoms with van der Waals surface area (Å²) in [5.41, 5.74) is 2.53. The van der Waals surface area contributed by atoms with Crippen LogP contribution in [-0.2, 0) is 0 Å². The van der Waals surface area contributed by atoms with Crippen molar-refractivity contribution < 1.29 is 10.2 Å². The zero-order chi connectivity index (χ0) is 23.5. The lowest BCUT2D eigenvalue weighted by Crippen LogP contribution is -2.67. The number of hydrogen-bond donors (Lipinski definition) is 2. The number of allylic oxidation sites excluding steroid dienone is 1. The van der Waals surface area contributed by atoms with E-state index in [9.17, 15) is 10.2 Å². The minimum absolute atomic E-state index is 0.0289. The summed E-state index contributed by atoms with van der Waals surface area (Å²) in [5.74, 6) is 3.26. The molecule has 2 heteroatoms. The van der Waals surface area contributed by atoms with Gasteiger partial charge < -0.3 is 10.2 Å². The van der Waals surface area contributed by atoms with Gasteiger partial charge in [0, 0.05) is 5.41 Å². The first kappa shape index (κ1) is 23.4. The van der Waals surface area contributed by atoms with Crippen molar-refractivity contribution in [1.82, 2.24) is 0 Å². The van der Waals surface area contributed by atoms with Crippen molar-refractivity contribution >= 4 is 0 Å². The standard InChI is InChI=1S/C30H50O2/c1-18-17-24(32)28(6)15-16-29(7)20(25(28)19(18)2)9-10-22-27(5)13-12-23(31)26(3,4)21(27)11-14-30(22,29)8/h17,19-25,31-32H,9-16H2,1-8H3/t19-,20-,21?,22-,23+,24+,25?,27+,28+,29-,30-/m1/s1. The highest BCUT2D eigenvalue weighted by Crippen LogP contribution is 2.76. The van der Waals surface area contributed by atoms with E-state index >= 15 is 0 Å².